The Bertz CT molecular complexity index is 562. The highest BCUT2D eigenvalue weighted by Crippen LogP contribution is 2.48. The zero-order chi connectivity index (χ0) is 15.0. The van der Waals surface area contributed by atoms with Crippen LogP contribution in [0.3, 0.4) is 0 Å². The molecule has 1 heterocycles. The normalized spacial score (nSPS) is 26.3. The molecule has 1 aromatic rings. The van der Waals surface area contributed by atoms with E-state index in [0.29, 0.717) is 25.1 Å². The van der Waals surface area contributed by atoms with Crippen LogP contribution in [0.15, 0.2) is 24.3 Å². The SMILES string of the molecule is CC1CC(C(=O)Nc2ccc(C3(C(=O)O)CC3)cc2)CO1. The van der Waals surface area contributed by atoms with Crippen molar-refractivity contribution >= 4 is 17.6 Å². The number of benzene rings is 1. The lowest BCUT2D eigenvalue weighted by Crippen LogP contribution is -2.23. The van der Waals surface area contributed by atoms with Gasteiger partial charge in [0.05, 0.1) is 24.0 Å². The van der Waals surface area contributed by atoms with Crippen LogP contribution in [-0.2, 0) is 19.7 Å². The lowest BCUT2D eigenvalue weighted by molar-refractivity contribution is -0.140. The number of anilines is 1. The van der Waals surface area contributed by atoms with Gasteiger partial charge in [-0.3, -0.25) is 9.59 Å². The van der Waals surface area contributed by atoms with Gasteiger partial charge in [0, 0.05) is 5.69 Å². The standard InChI is InChI=1S/C16H19NO4/c1-10-8-11(9-21-10)14(18)17-13-4-2-12(3-5-13)16(6-7-16)15(19)20/h2-5,10-11H,6-9H2,1H3,(H,17,18)(H,19,20). The van der Waals surface area contributed by atoms with E-state index >= 15 is 0 Å². The topological polar surface area (TPSA) is 75.6 Å². The Morgan fingerprint density at radius 3 is 2.43 bits per heavy atom. The Kier molecular flexibility index (Phi) is 3.45. The van der Waals surface area contributed by atoms with Gasteiger partial charge in [-0.05, 0) is 43.9 Å². The molecule has 1 saturated heterocycles. The van der Waals surface area contributed by atoms with Crippen LogP contribution in [0.4, 0.5) is 5.69 Å². The third-order valence-electron chi connectivity index (χ3n) is 4.43. The summed E-state index contributed by atoms with van der Waals surface area (Å²) in [5.74, 6) is -0.906. The first kappa shape index (κ1) is 14.1. The zero-order valence-electron chi connectivity index (χ0n) is 12.0. The van der Waals surface area contributed by atoms with Crippen molar-refractivity contribution in [3.05, 3.63) is 29.8 Å². The second-order valence-corrected chi connectivity index (χ2v) is 6.03. The molecule has 0 aromatic heterocycles. The molecule has 112 valence electrons. The van der Waals surface area contributed by atoms with Gasteiger partial charge in [-0.2, -0.15) is 0 Å². The van der Waals surface area contributed by atoms with Crippen molar-refractivity contribution in [2.75, 3.05) is 11.9 Å². The minimum atomic E-state index is -0.767. The molecule has 2 aliphatic rings. The molecule has 2 N–H and O–H groups in total. The molecule has 2 fully saturated rings. The first-order chi connectivity index (χ1) is 10.0. The minimum absolute atomic E-state index is 0.0357. The van der Waals surface area contributed by atoms with Crippen molar-refractivity contribution in [1.29, 1.82) is 0 Å². The average Bonchev–Trinajstić information content (AvgIpc) is 3.16. The van der Waals surface area contributed by atoms with E-state index in [4.69, 9.17) is 4.74 Å². The predicted octanol–water partition coefficient (Wildman–Crippen LogP) is 2.17. The van der Waals surface area contributed by atoms with Gasteiger partial charge in [0.2, 0.25) is 5.91 Å². The number of amides is 1. The summed E-state index contributed by atoms with van der Waals surface area (Å²) in [5, 5.41) is 12.1. The summed E-state index contributed by atoms with van der Waals surface area (Å²) >= 11 is 0. The van der Waals surface area contributed by atoms with Crippen LogP contribution in [0.5, 0.6) is 0 Å². The maximum Gasteiger partial charge on any atom is 0.314 e. The van der Waals surface area contributed by atoms with E-state index in [2.05, 4.69) is 5.32 Å². The Balaban J connectivity index is 1.65. The molecule has 0 spiro atoms. The van der Waals surface area contributed by atoms with Crippen LogP contribution in [-0.4, -0.2) is 29.7 Å². The van der Waals surface area contributed by atoms with Crippen LogP contribution in [0.2, 0.25) is 0 Å². The summed E-state index contributed by atoms with van der Waals surface area (Å²) in [6.45, 7) is 2.43. The lowest BCUT2D eigenvalue weighted by atomic mass is 9.96. The van der Waals surface area contributed by atoms with E-state index in [1.807, 2.05) is 6.92 Å². The zero-order valence-corrected chi connectivity index (χ0v) is 12.0. The van der Waals surface area contributed by atoms with E-state index in [1.165, 1.54) is 0 Å². The Hall–Kier alpha value is -1.88. The number of hydrogen-bond donors (Lipinski definition) is 2. The fraction of sp³-hybridized carbons (Fsp3) is 0.500. The summed E-state index contributed by atoms with van der Waals surface area (Å²) in [4.78, 5) is 23.3. The molecule has 1 aromatic carbocycles. The molecule has 1 aliphatic carbocycles. The monoisotopic (exact) mass is 289 g/mol. The van der Waals surface area contributed by atoms with Crippen molar-refractivity contribution < 1.29 is 19.4 Å². The number of carbonyl (C=O) groups excluding carboxylic acids is 1. The first-order valence-electron chi connectivity index (χ1n) is 7.28. The maximum atomic E-state index is 12.1. The number of aliphatic carboxylic acids is 1. The molecule has 2 atom stereocenters. The summed E-state index contributed by atoms with van der Waals surface area (Å²) < 4.78 is 5.40. The lowest BCUT2D eigenvalue weighted by Gasteiger charge is -2.12. The van der Waals surface area contributed by atoms with Gasteiger partial charge in [0.25, 0.3) is 0 Å². The number of ether oxygens (including phenoxy) is 1. The molecule has 1 aliphatic heterocycles. The van der Waals surface area contributed by atoms with Gasteiger partial charge < -0.3 is 15.2 Å². The molecule has 1 saturated carbocycles. The Morgan fingerprint density at radius 2 is 1.95 bits per heavy atom. The quantitative estimate of drug-likeness (QED) is 0.890. The van der Waals surface area contributed by atoms with Crippen molar-refractivity contribution in [3.8, 4) is 0 Å². The molecular formula is C16H19NO4. The van der Waals surface area contributed by atoms with Crippen LogP contribution in [0.25, 0.3) is 0 Å². The van der Waals surface area contributed by atoms with Gasteiger partial charge in [-0.15, -0.1) is 0 Å². The fourth-order valence-electron chi connectivity index (χ4n) is 2.87. The van der Waals surface area contributed by atoms with Crippen LogP contribution >= 0.6 is 0 Å². The highest BCUT2D eigenvalue weighted by molar-refractivity contribution is 5.93. The highest BCUT2D eigenvalue weighted by atomic mass is 16.5. The van der Waals surface area contributed by atoms with Crippen molar-refractivity contribution in [1.82, 2.24) is 0 Å². The molecule has 5 heteroatoms. The number of carbonyl (C=O) groups is 2. The first-order valence-corrected chi connectivity index (χ1v) is 7.28. The largest absolute Gasteiger partial charge is 0.481 e. The Labute approximate surface area is 123 Å². The van der Waals surface area contributed by atoms with Gasteiger partial charge >= 0.3 is 5.97 Å². The van der Waals surface area contributed by atoms with Gasteiger partial charge in [-0.25, -0.2) is 0 Å². The molecule has 0 radical (unpaired) electrons. The maximum absolute atomic E-state index is 12.1. The van der Waals surface area contributed by atoms with E-state index in [0.717, 1.165) is 12.0 Å². The molecule has 5 nitrogen and oxygen atoms in total. The fourth-order valence-corrected chi connectivity index (χ4v) is 2.87. The number of rotatable bonds is 4. The van der Waals surface area contributed by atoms with E-state index in [-0.39, 0.29) is 17.9 Å². The molecule has 21 heavy (non-hydrogen) atoms. The molecule has 0 bridgehead atoms. The van der Waals surface area contributed by atoms with Gasteiger partial charge in [0.15, 0.2) is 0 Å². The van der Waals surface area contributed by atoms with E-state index in [9.17, 15) is 14.7 Å². The van der Waals surface area contributed by atoms with Crippen LogP contribution in [0.1, 0.15) is 31.7 Å². The van der Waals surface area contributed by atoms with E-state index in [1.54, 1.807) is 24.3 Å². The average molecular weight is 289 g/mol. The highest BCUT2D eigenvalue weighted by Gasteiger charge is 2.51. The summed E-state index contributed by atoms with van der Waals surface area (Å²) in [6, 6.07) is 7.14. The van der Waals surface area contributed by atoms with Crippen molar-refractivity contribution in [2.45, 2.75) is 37.7 Å². The number of hydrogen-bond acceptors (Lipinski definition) is 3. The summed E-state index contributed by atoms with van der Waals surface area (Å²) in [6.07, 6.45) is 2.25. The predicted molar refractivity (Wildman–Crippen MR) is 77.1 cm³/mol. The second-order valence-electron chi connectivity index (χ2n) is 6.03. The smallest absolute Gasteiger partial charge is 0.314 e. The second kappa shape index (κ2) is 5.15. The summed E-state index contributed by atoms with van der Waals surface area (Å²) in [7, 11) is 0. The summed E-state index contributed by atoms with van der Waals surface area (Å²) in [5.41, 5.74) is 0.812. The third-order valence-corrected chi connectivity index (χ3v) is 4.43. The molecule has 1 amide bonds. The Morgan fingerprint density at radius 1 is 1.29 bits per heavy atom. The minimum Gasteiger partial charge on any atom is -0.481 e. The van der Waals surface area contributed by atoms with Crippen molar-refractivity contribution in [3.63, 3.8) is 0 Å². The molecule has 3 rings (SSSR count). The molecular weight excluding hydrogens is 270 g/mol. The van der Waals surface area contributed by atoms with Crippen molar-refractivity contribution in [2.24, 2.45) is 5.92 Å². The van der Waals surface area contributed by atoms with E-state index < -0.39 is 11.4 Å². The van der Waals surface area contributed by atoms with Gasteiger partial charge in [0.1, 0.15) is 0 Å². The number of carboxylic acid groups (broad SMARTS) is 1. The number of nitrogens with one attached hydrogen (secondary N) is 1. The molecule has 2 unspecified atom stereocenters. The van der Waals surface area contributed by atoms with Crippen LogP contribution < -0.4 is 5.32 Å². The van der Waals surface area contributed by atoms with Crippen LogP contribution in [0, 0.1) is 5.92 Å². The number of carboxylic acids is 1. The van der Waals surface area contributed by atoms with Gasteiger partial charge in [-0.1, -0.05) is 12.1 Å². The third kappa shape index (κ3) is 2.65.